The van der Waals surface area contributed by atoms with Crippen molar-refractivity contribution in [2.45, 2.75) is 19.3 Å². The number of rotatable bonds is 5. The van der Waals surface area contributed by atoms with E-state index in [-0.39, 0.29) is 6.61 Å². The molecule has 0 bridgehead atoms. The molecule has 6 nitrogen and oxygen atoms in total. The average molecular weight is 306 g/mol. The van der Waals surface area contributed by atoms with Crippen molar-refractivity contribution < 1.29 is 19.4 Å². The van der Waals surface area contributed by atoms with Gasteiger partial charge in [0, 0.05) is 31.9 Å². The second-order valence-corrected chi connectivity index (χ2v) is 5.43. The minimum Gasteiger partial charge on any atom is -0.480 e. The molecule has 22 heavy (non-hydrogen) atoms. The highest BCUT2D eigenvalue weighted by Gasteiger charge is 2.44. The average Bonchev–Trinajstić information content (AvgIpc) is 2.55. The van der Waals surface area contributed by atoms with Crippen LogP contribution in [0, 0.1) is 0 Å². The summed E-state index contributed by atoms with van der Waals surface area (Å²) < 4.78 is 4.93. The monoisotopic (exact) mass is 306 g/mol. The molecule has 1 saturated heterocycles. The van der Waals surface area contributed by atoms with Gasteiger partial charge in [-0.15, -0.1) is 0 Å². The molecule has 0 radical (unpaired) electrons. The van der Waals surface area contributed by atoms with Crippen LogP contribution in [0.3, 0.4) is 0 Å². The molecule has 0 aromatic heterocycles. The standard InChI is InChI=1S/C16H22N2O4/c1-3-22-15(21)16(2,14(19)20)12-4-6-13(7-5-12)18-10-8-17-9-11-18/h4-7,17H,3,8-11H2,1-2H3,(H,19,20). The molecule has 0 spiro atoms. The fourth-order valence-electron chi connectivity index (χ4n) is 2.53. The number of esters is 1. The minimum atomic E-state index is -1.68. The largest absolute Gasteiger partial charge is 0.480 e. The summed E-state index contributed by atoms with van der Waals surface area (Å²) in [5, 5.41) is 12.8. The van der Waals surface area contributed by atoms with Crippen LogP contribution >= 0.6 is 0 Å². The Kier molecular flexibility index (Phi) is 5.03. The number of nitrogens with zero attached hydrogens (tertiary/aromatic N) is 1. The van der Waals surface area contributed by atoms with Gasteiger partial charge in [0.2, 0.25) is 0 Å². The molecular formula is C16H22N2O4. The van der Waals surface area contributed by atoms with E-state index in [4.69, 9.17) is 4.74 Å². The Morgan fingerprint density at radius 2 is 1.86 bits per heavy atom. The van der Waals surface area contributed by atoms with Crippen LogP contribution in [0.1, 0.15) is 19.4 Å². The van der Waals surface area contributed by atoms with E-state index >= 15 is 0 Å². The lowest BCUT2D eigenvalue weighted by atomic mass is 9.82. The minimum absolute atomic E-state index is 0.153. The van der Waals surface area contributed by atoms with Crippen molar-refractivity contribution in [1.82, 2.24) is 5.32 Å². The van der Waals surface area contributed by atoms with Gasteiger partial charge in [0.05, 0.1) is 6.61 Å². The van der Waals surface area contributed by atoms with Crippen LogP contribution in [0.15, 0.2) is 24.3 Å². The Morgan fingerprint density at radius 3 is 2.36 bits per heavy atom. The van der Waals surface area contributed by atoms with Crippen molar-refractivity contribution in [2.75, 3.05) is 37.7 Å². The molecule has 6 heteroatoms. The summed E-state index contributed by atoms with van der Waals surface area (Å²) in [5.41, 5.74) is -0.225. The van der Waals surface area contributed by atoms with Crippen LogP contribution < -0.4 is 10.2 Å². The Bertz CT molecular complexity index is 538. The molecule has 1 unspecified atom stereocenters. The fraction of sp³-hybridized carbons (Fsp3) is 0.500. The predicted octanol–water partition coefficient (Wildman–Crippen LogP) is 1.00. The second-order valence-electron chi connectivity index (χ2n) is 5.43. The van der Waals surface area contributed by atoms with Crippen molar-refractivity contribution in [3.8, 4) is 0 Å². The molecule has 1 fully saturated rings. The summed E-state index contributed by atoms with van der Waals surface area (Å²) >= 11 is 0. The summed E-state index contributed by atoms with van der Waals surface area (Å²) in [4.78, 5) is 25.9. The molecule has 1 heterocycles. The number of carbonyl (C=O) groups excluding carboxylic acids is 1. The maximum atomic E-state index is 12.1. The van der Waals surface area contributed by atoms with Crippen LogP contribution in [0.25, 0.3) is 0 Å². The molecule has 2 rings (SSSR count). The third kappa shape index (κ3) is 3.06. The number of hydrogen-bond donors (Lipinski definition) is 2. The van der Waals surface area contributed by atoms with Crippen LogP contribution in [0.4, 0.5) is 5.69 Å². The van der Waals surface area contributed by atoms with Gasteiger partial charge in [-0.3, -0.25) is 9.59 Å². The first-order chi connectivity index (χ1) is 10.5. The quantitative estimate of drug-likeness (QED) is 0.624. The van der Waals surface area contributed by atoms with Gasteiger partial charge >= 0.3 is 11.9 Å². The van der Waals surface area contributed by atoms with Gasteiger partial charge in [-0.25, -0.2) is 0 Å². The summed E-state index contributed by atoms with van der Waals surface area (Å²) in [6, 6.07) is 7.12. The Labute approximate surface area is 130 Å². The maximum Gasteiger partial charge on any atom is 0.327 e. The van der Waals surface area contributed by atoms with E-state index in [2.05, 4.69) is 10.2 Å². The number of ether oxygens (including phenoxy) is 1. The lowest BCUT2D eigenvalue weighted by molar-refractivity contribution is -0.160. The van der Waals surface area contributed by atoms with Gasteiger partial charge in [0.15, 0.2) is 5.41 Å². The number of benzene rings is 1. The lowest BCUT2D eigenvalue weighted by Crippen LogP contribution is -2.44. The van der Waals surface area contributed by atoms with Gasteiger partial charge in [0.1, 0.15) is 0 Å². The fourth-order valence-corrected chi connectivity index (χ4v) is 2.53. The maximum absolute atomic E-state index is 12.1. The third-order valence-electron chi connectivity index (χ3n) is 4.04. The SMILES string of the molecule is CCOC(=O)C(C)(C(=O)O)c1ccc(N2CCNCC2)cc1. The number of hydrogen-bond acceptors (Lipinski definition) is 5. The predicted molar refractivity (Wildman–Crippen MR) is 83.1 cm³/mol. The van der Waals surface area contributed by atoms with Crippen molar-refractivity contribution in [3.63, 3.8) is 0 Å². The summed E-state index contributed by atoms with van der Waals surface area (Å²) in [6.45, 7) is 6.87. The normalized spacial score (nSPS) is 17.6. The van der Waals surface area contributed by atoms with E-state index in [0.29, 0.717) is 5.56 Å². The lowest BCUT2D eigenvalue weighted by Gasteiger charge is -2.30. The highest BCUT2D eigenvalue weighted by molar-refractivity contribution is 6.05. The Hall–Kier alpha value is -2.08. The molecule has 0 saturated carbocycles. The van der Waals surface area contributed by atoms with Crippen molar-refractivity contribution in [3.05, 3.63) is 29.8 Å². The van der Waals surface area contributed by atoms with Gasteiger partial charge in [0.25, 0.3) is 0 Å². The molecule has 2 N–H and O–H groups in total. The van der Waals surface area contributed by atoms with E-state index in [1.54, 1.807) is 19.1 Å². The summed E-state index contributed by atoms with van der Waals surface area (Å²) in [5.74, 6) is -1.95. The molecule has 1 atom stereocenters. The molecule has 120 valence electrons. The van der Waals surface area contributed by atoms with E-state index in [0.717, 1.165) is 31.9 Å². The van der Waals surface area contributed by atoms with Gasteiger partial charge in [-0.1, -0.05) is 12.1 Å². The second kappa shape index (κ2) is 6.79. The zero-order chi connectivity index (χ0) is 16.2. The molecule has 1 aliphatic heterocycles. The van der Waals surface area contributed by atoms with Crippen molar-refractivity contribution in [2.24, 2.45) is 0 Å². The highest BCUT2D eigenvalue weighted by Crippen LogP contribution is 2.28. The van der Waals surface area contributed by atoms with Gasteiger partial charge < -0.3 is 20.1 Å². The first-order valence-electron chi connectivity index (χ1n) is 7.47. The molecule has 0 aliphatic carbocycles. The molecule has 1 aliphatic rings. The van der Waals surface area contributed by atoms with Gasteiger partial charge in [-0.05, 0) is 31.5 Å². The number of aliphatic carboxylic acids is 1. The first-order valence-corrected chi connectivity index (χ1v) is 7.47. The van der Waals surface area contributed by atoms with E-state index in [9.17, 15) is 14.7 Å². The number of carbonyl (C=O) groups is 2. The molecule has 0 amide bonds. The number of anilines is 1. The van der Waals surface area contributed by atoms with Crippen molar-refractivity contribution in [1.29, 1.82) is 0 Å². The smallest absolute Gasteiger partial charge is 0.327 e. The highest BCUT2D eigenvalue weighted by atomic mass is 16.5. The van der Waals surface area contributed by atoms with Crippen molar-refractivity contribution >= 4 is 17.6 Å². The molecule has 1 aromatic rings. The number of piperazine rings is 1. The zero-order valence-corrected chi connectivity index (χ0v) is 13.0. The zero-order valence-electron chi connectivity index (χ0n) is 13.0. The number of carboxylic acid groups (broad SMARTS) is 1. The first kappa shape index (κ1) is 16.3. The number of carboxylic acids is 1. The molecular weight excluding hydrogens is 284 g/mol. The molecule has 1 aromatic carbocycles. The Balaban J connectivity index is 2.26. The summed E-state index contributed by atoms with van der Waals surface area (Å²) in [6.07, 6.45) is 0. The van der Waals surface area contributed by atoms with Crippen LogP contribution in [0.2, 0.25) is 0 Å². The van der Waals surface area contributed by atoms with E-state index < -0.39 is 17.4 Å². The van der Waals surface area contributed by atoms with Crippen LogP contribution in [0.5, 0.6) is 0 Å². The summed E-state index contributed by atoms with van der Waals surface area (Å²) in [7, 11) is 0. The third-order valence-corrected chi connectivity index (χ3v) is 4.04. The van der Waals surface area contributed by atoms with Crippen LogP contribution in [-0.2, 0) is 19.7 Å². The van der Waals surface area contributed by atoms with E-state index in [1.165, 1.54) is 6.92 Å². The van der Waals surface area contributed by atoms with Gasteiger partial charge in [-0.2, -0.15) is 0 Å². The topological polar surface area (TPSA) is 78.9 Å². The number of nitrogens with one attached hydrogen (secondary N) is 1. The van der Waals surface area contributed by atoms with Crippen LogP contribution in [-0.4, -0.2) is 49.8 Å². The van der Waals surface area contributed by atoms with E-state index in [1.807, 2.05) is 12.1 Å². The Morgan fingerprint density at radius 1 is 1.27 bits per heavy atom.